The van der Waals surface area contributed by atoms with Crippen molar-refractivity contribution in [2.24, 2.45) is 5.41 Å². The van der Waals surface area contributed by atoms with E-state index in [-0.39, 0.29) is 11.4 Å². The number of hydrogen-bond donors (Lipinski definition) is 1. The largest absolute Gasteiger partial charge is 0.459 e. The molecule has 0 aliphatic carbocycles. The summed E-state index contributed by atoms with van der Waals surface area (Å²) in [4.78, 5) is 12.6. The van der Waals surface area contributed by atoms with E-state index in [9.17, 15) is 4.79 Å². The number of ether oxygens (including phenoxy) is 1. The number of hydrogen-bond acceptors (Lipinski definition) is 6. The number of aromatic nitrogens is 2. The fourth-order valence-corrected chi connectivity index (χ4v) is 3.88. The zero-order chi connectivity index (χ0) is 15.8. The Balaban J connectivity index is 3.10. The number of carbonyl (C=O) groups excluding carboxylic acids is 1. The third kappa shape index (κ3) is 4.30. The highest BCUT2D eigenvalue weighted by molar-refractivity contribution is 8.03. The van der Waals surface area contributed by atoms with Crippen LogP contribution >= 0.6 is 35.3 Å². The SMILES string of the molecule is CC(C)(C)OC(=O)C(C)(Sc1n[nH]c(=S)s1)C(C)(C)C. The lowest BCUT2D eigenvalue weighted by atomic mass is 9.81. The molecule has 0 aliphatic rings. The first-order valence-corrected chi connectivity index (χ1v) is 8.37. The van der Waals surface area contributed by atoms with Crippen molar-refractivity contribution < 1.29 is 9.53 Å². The zero-order valence-corrected chi connectivity index (χ0v) is 15.4. The van der Waals surface area contributed by atoms with Crippen LogP contribution in [0.1, 0.15) is 48.5 Å². The molecule has 0 fully saturated rings. The number of nitrogens with one attached hydrogen (secondary N) is 1. The molecule has 1 aromatic heterocycles. The predicted octanol–water partition coefficient (Wildman–Crippen LogP) is 4.44. The number of H-pyrrole nitrogens is 1. The molecular weight excluding hydrogens is 312 g/mol. The van der Waals surface area contributed by atoms with E-state index in [0.717, 1.165) is 4.34 Å². The van der Waals surface area contributed by atoms with Gasteiger partial charge >= 0.3 is 5.97 Å². The summed E-state index contributed by atoms with van der Waals surface area (Å²) >= 11 is 7.81. The number of rotatable bonds is 3. The summed E-state index contributed by atoms with van der Waals surface area (Å²) in [6.45, 7) is 13.6. The van der Waals surface area contributed by atoms with E-state index in [1.165, 1.54) is 23.1 Å². The van der Waals surface area contributed by atoms with E-state index in [4.69, 9.17) is 17.0 Å². The molecule has 0 aromatic carbocycles. The normalized spacial score (nSPS) is 15.8. The van der Waals surface area contributed by atoms with Gasteiger partial charge in [-0.1, -0.05) is 43.9 Å². The van der Waals surface area contributed by atoms with Crippen molar-refractivity contribution in [3.05, 3.63) is 3.95 Å². The molecule has 0 saturated heterocycles. The van der Waals surface area contributed by atoms with Gasteiger partial charge in [-0.05, 0) is 45.3 Å². The molecule has 1 heterocycles. The monoisotopic (exact) mass is 334 g/mol. The maximum atomic E-state index is 12.6. The molecule has 7 heteroatoms. The Morgan fingerprint density at radius 3 is 2.15 bits per heavy atom. The molecule has 1 atom stereocenters. The Labute approximate surface area is 133 Å². The molecule has 1 rings (SSSR count). The van der Waals surface area contributed by atoms with Crippen LogP contribution in [-0.4, -0.2) is 26.5 Å². The summed E-state index contributed by atoms with van der Waals surface area (Å²) in [5, 5.41) is 6.88. The minimum absolute atomic E-state index is 0.233. The van der Waals surface area contributed by atoms with Crippen molar-refractivity contribution in [3.63, 3.8) is 0 Å². The van der Waals surface area contributed by atoms with E-state index in [2.05, 4.69) is 10.2 Å². The van der Waals surface area contributed by atoms with E-state index >= 15 is 0 Å². The molecule has 0 amide bonds. The first-order valence-electron chi connectivity index (χ1n) is 6.33. The van der Waals surface area contributed by atoms with Gasteiger partial charge in [0.15, 0.2) is 8.29 Å². The highest BCUT2D eigenvalue weighted by Crippen LogP contribution is 2.47. The van der Waals surface area contributed by atoms with Crippen LogP contribution in [0.4, 0.5) is 0 Å². The molecule has 4 nitrogen and oxygen atoms in total. The first kappa shape index (κ1) is 17.7. The van der Waals surface area contributed by atoms with Gasteiger partial charge in [0.1, 0.15) is 10.3 Å². The molecule has 1 aromatic rings. The van der Waals surface area contributed by atoms with Crippen molar-refractivity contribution in [2.75, 3.05) is 0 Å². The second-order valence-corrected chi connectivity index (χ2v) is 10.1. The summed E-state index contributed by atoms with van der Waals surface area (Å²) in [6.07, 6.45) is 0. The van der Waals surface area contributed by atoms with Crippen LogP contribution in [0.2, 0.25) is 0 Å². The van der Waals surface area contributed by atoms with Crippen molar-refractivity contribution in [1.82, 2.24) is 10.2 Å². The van der Waals surface area contributed by atoms with Crippen LogP contribution in [0.15, 0.2) is 4.34 Å². The minimum Gasteiger partial charge on any atom is -0.459 e. The highest BCUT2D eigenvalue weighted by Gasteiger charge is 2.48. The molecule has 0 saturated carbocycles. The maximum absolute atomic E-state index is 12.6. The van der Waals surface area contributed by atoms with Gasteiger partial charge in [-0.15, -0.1) is 0 Å². The number of nitrogens with zero attached hydrogens (tertiary/aromatic N) is 1. The molecule has 0 aliphatic heterocycles. The van der Waals surface area contributed by atoms with Gasteiger partial charge in [0.05, 0.1) is 0 Å². The van der Waals surface area contributed by atoms with Crippen molar-refractivity contribution >= 4 is 41.3 Å². The average Bonchev–Trinajstić information content (AvgIpc) is 2.59. The summed E-state index contributed by atoms with van der Waals surface area (Å²) in [5.74, 6) is -0.233. The third-order valence-corrected chi connectivity index (χ3v) is 5.77. The van der Waals surface area contributed by atoms with Crippen LogP contribution in [-0.2, 0) is 9.53 Å². The molecule has 0 radical (unpaired) electrons. The van der Waals surface area contributed by atoms with E-state index in [1.54, 1.807) is 0 Å². The fourth-order valence-electron chi connectivity index (χ4n) is 1.31. The molecule has 20 heavy (non-hydrogen) atoms. The Hall–Kier alpha value is -0.400. The van der Waals surface area contributed by atoms with Gasteiger partial charge in [0.25, 0.3) is 0 Å². The van der Waals surface area contributed by atoms with Crippen LogP contribution in [0.5, 0.6) is 0 Å². The second kappa shape index (κ2) is 5.77. The average molecular weight is 335 g/mol. The minimum atomic E-state index is -0.742. The molecule has 114 valence electrons. The predicted molar refractivity (Wildman–Crippen MR) is 86.9 cm³/mol. The number of esters is 1. The highest BCUT2D eigenvalue weighted by atomic mass is 32.2. The van der Waals surface area contributed by atoms with Gasteiger partial charge in [-0.3, -0.25) is 9.89 Å². The Kier molecular flexibility index (Phi) is 5.09. The lowest BCUT2D eigenvalue weighted by Gasteiger charge is -2.39. The quantitative estimate of drug-likeness (QED) is 0.503. The van der Waals surface area contributed by atoms with Crippen LogP contribution < -0.4 is 0 Å². The smallest absolute Gasteiger partial charge is 0.323 e. The van der Waals surface area contributed by atoms with Gasteiger partial charge in [-0.2, -0.15) is 5.10 Å². The first-order chi connectivity index (χ1) is 8.85. The molecule has 0 spiro atoms. The topological polar surface area (TPSA) is 55.0 Å². The summed E-state index contributed by atoms with van der Waals surface area (Å²) in [6, 6.07) is 0. The van der Waals surface area contributed by atoms with E-state index in [1.807, 2.05) is 48.5 Å². The van der Waals surface area contributed by atoms with E-state index < -0.39 is 10.3 Å². The third-order valence-electron chi connectivity index (χ3n) is 2.93. The lowest BCUT2D eigenvalue weighted by molar-refractivity contribution is -0.160. The Bertz CT molecular complexity index is 537. The van der Waals surface area contributed by atoms with Crippen LogP contribution in [0.3, 0.4) is 0 Å². The van der Waals surface area contributed by atoms with Crippen molar-refractivity contribution in [2.45, 2.75) is 63.2 Å². The van der Waals surface area contributed by atoms with Gasteiger partial charge in [0.2, 0.25) is 0 Å². The number of carbonyl (C=O) groups is 1. The van der Waals surface area contributed by atoms with Gasteiger partial charge < -0.3 is 4.74 Å². The molecule has 1 unspecified atom stereocenters. The standard InChI is InChI=1S/C13H22N2O2S3/c1-11(2,3)13(7,8(16)17-12(4,5)6)20-10-15-14-9(18)19-10/h1-7H3,(H,14,18). The molecule has 1 N–H and O–H groups in total. The molecule has 0 bridgehead atoms. The second-order valence-electron chi connectivity index (χ2n) is 6.77. The van der Waals surface area contributed by atoms with Gasteiger partial charge in [-0.25, -0.2) is 0 Å². The van der Waals surface area contributed by atoms with Crippen LogP contribution in [0.25, 0.3) is 0 Å². The maximum Gasteiger partial charge on any atom is 0.323 e. The van der Waals surface area contributed by atoms with Crippen LogP contribution in [0, 0.1) is 9.37 Å². The Morgan fingerprint density at radius 2 is 1.80 bits per heavy atom. The number of aromatic amines is 1. The summed E-state index contributed by atoms with van der Waals surface area (Å²) < 4.78 is 6.20. The van der Waals surface area contributed by atoms with Gasteiger partial charge in [0, 0.05) is 0 Å². The van der Waals surface area contributed by atoms with Crippen molar-refractivity contribution in [1.29, 1.82) is 0 Å². The zero-order valence-electron chi connectivity index (χ0n) is 13.0. The summed E-state index contributed by atoms with van der Waals surface area (Å²) in [7, 11) is 0. The molecular formula is C13H22N2O2S3. The van der Waals surface area contributed by atoms with E-state index in [0.29, 0.717) is 3.95 Å². The number of thioether (sulfide) groups is 1. The summed E-state index contributed by atoms with van der Waals surface area (Å²) in [5.41, 5.74) is -0.796. The Morgan fingerprint density at radius 1 is 1.25 bits per heavy atom. The lowest BCUT2D eigenvalue weighted by Crippen LogP contribution is -2.47. The fraction of sp³-hybridized carbons (Fsp3) is 0.769. The van der Waals surface area contributed by atoms with Crippen molar-refractivity contribution in [3.8, 4) is 0 Å².